The van der Waals surface area contributed by atoms with E-state index in [9.17, 15) is 10.1 Å². The Bertz CT molecular complexity index is 1570. The van der Waals surface area contributed by atoms with E-state index in [1.165, 1.54) is 0 Å². The fourth-order valence-electron chi connectivity index (χ4n) is 4.39. The van der Waals surface area contributed by atoms with Gasteiger partial charge in [0.1, 0.15) is 17.9 Å². The van der Waals surface area contributed by atoms with Crippen LogP contribution < -0.4 is 10.1 Å². The lowest BCUT2D eigenvalue weighted by atomic mass is 10.1. The highest BCUT2D eigenvalue weighted by Crippen LogP contribution is 2.34. The molecular weight excluding hydrogens is 482 g/mol. The normalized spacial score (nSPS) is 13.1. The van der Waals surface area contributed by atoms with E-state index >= 15 is 0 Å². The summed E-state index contributed by atoms with van der Waals surface area (Å²) in [5, 5.41) is 22.2. The van der Waals surface area contributed by atoms with E-state index in [0.717, 1.165) is 11.1 Å². The van der Waals surface area contributed by atoms with Gasteiger partial charge < -0.3 is 24.3 Å². The van der Waals surface area contributed by atoms with E-state index in [4.69, 9.17) is 19.7 Å². The molecule has 10 heteroatoms. The van der Waals surface area contributed by atoms with Crippen molar-refractivity contribution >= 4 is 28.6 Å². The van der Waals surface area contributed by atoms with Gasteiger partial charge in [-0.2, -0.15) is 20.5 Å². The summed E-state index contributed by atoms with van der Waals surface area (Å²) in [5.41, 5.74) is 3.93. The quantitative estimate of drug-likeness (QED) is 0.411. The number of ether oxygens (including phenoxy) is 2. The summed E-state index contributed by atoms with van der Waals surface area (Å²) >= 11 is 0. The first-order chi connectivity index (χ1) is 18.4. The van der Waals surface area contributed by atoms with E-state index in [1.807, 2.05) is 19.9 Å². The third kappa shape index (κ3) is 5.12. The molecule has 1 aliphatic rings. The fourth-order valence-corrected chi connectivity index (χ4v) is 4.39. The maximum Gasteiger partial charge on any atom is 0.242 e. The van der Waals surface area contributed by atoms with Crippen LogP contribution in [-0.2, 0) is 16.1 Å². The van der Waals surface area contributed by atoms with Crippen molar-refractivity contribution in [1.29, 1.82) is 10.5 Å². The van der Waals surface area contributed by atoms with Gasteiger partial charge in [0.2, 0.25) is 17.7 Å². The van der Waals surface area contributed by atoms with Crippen LogP contribution in [0.25, 0.3) is 11.0 Å². The zero-order chi connectivity index (χ0) is 26.6. The Morgan fingerprint density at radius 2 is 1.71 bits per heavy atom. The number of hydrogen-bond acceptors (Lipinski definition) is 8. The highest BCUT2D eigenvalue weighted by molar-refractivity contribution is 5.85. The molecule has 1 fully saturated rings. The average molecular weight is 508 g/mol. The number of anilines is 2. The molecule has 2 aromatic carbocycles. The van der Waals surface area contributed by atoms with Gasteiger partial charge in [-0.15, -0.1) is 0 Å². The second-order valence-corrected chi connectivity index (χ2v) is 8.99. The summed E-state index contributed by atoms with van der Waals surface area (Å²) in [6.07, 6.45) is 1.80. The molecule has 5 rings (SSSR count). The van der Waals surface area contributed by atoms with Crippen molar-refractivity contribution in [1.82, 2.24) is 19.4 Å². The molecule has 190 valence electrons. The molecule has 0 unspecified atom stereocenters. The lowest BCUT2D eigenvalue weighted by Gasteiger charge is -2.27. The number of hydrogen-bond donors (Lipinski definition) is 1. The zero-order valence-corrected chi connectivity index (χ0v) is 21.1. The fraction of sp³-hybridized carbons (Fsp3) is 0.250. The number of benzene rings is 2. The number of rotatable bonds is 6. The summed E-state index contributed by atoms with van der Waals surface area (Å²) in [6, 6.07) is 16.6. The van der Waals surface area contributed by atoms with E-state index in [2.05, 4.69) is 22.4 Å². The summed E-state index contributed by atoms with van der Waals surface area (Å²) < 4.78 is 13.5. The van der Waals surface area contributed by atoms with Crippen molar-refractivity contribution in [2.45, 2.75) is 20.4 Å². The van der Waals surface area contributed by atoms with E-state index in [-0.39, 0.29) is 18.4 Å². The average Bonchev–Trinajstić information content (AvgIpc) is 3.34. The maximum absolute atomic E-state index is 13.0. The summed E-state index contributed by atoms with van der Waals surface area (Å²) in [7, 11) is 0. The number of carbonyl (C=O) groups excluding carboxylic acids is 1. The number of amides is 1. The second kappa shape index (κ2) is 10.6. The van der Waals surface area contributed by atoms with Crippen LogP contribution in [0.1, 0.15) is 22.3 Å². The number of aryl methyl sites for hydroxylation is 2. The Balaban J connectivity index is 1.54. The minimum atomic E-state index is -0.0211. The van der Waals surface area contributed by atoms with Crippen LogP contribution in [-0.4, -0.2) is 51.6 Å². The van der Waals surface area contributed by atoms with Gasteiger partial charge in [-0.3, -0.25) is 4.79 Å². The van der Waals surface area contributed by atoms with Gasteiger partial charge in [0.15, 0.2) is 0 Å². The lowest BCUT2D eigenvalue weighted by molar-refractivity contribution is -0.135. The second-order valence-electron chi connectivity index (χ2n) is 8.99. The Morgan fingerprint density at radius 1 is 1.03 bits per heavy atom. The molecule has 4 aromatic rings. The van der Waals surface area contributed by atoms with Crippen molar-refractivity contribution in [3.05, 3.63) is 70.9 Å². The molecule has 3 heterocycles. The van der Waals surface area contributed by atoms with Crippen molar-refractivity contribution in [3.63, 3.8) is 0 Å². The first kappa shape index (κ1) is 24.8. The van der Waals surface area contributed by atoms with E-state index in [0.29, 0.717) is 65.8 Å². The predicted octanol–water partition coefficient (Wildman–Crippen LogP) is 4.19. The Hall–Kier alpha value is -4.93. The number of carbonyl (C=O) groups is 1. The molecule has 0 spiro atoms. The topological polar surface area (TPSA) is 129 Å². The SMILES string of the molecule is Cc1cc(C#N)cc(C)c1Oc1nc(Nc2ccc(C#N)cc2)nc2c1ccn2CC(=O)N1CCOCC1. The van der Waals surface area contributed by atoms with Crippen LogP contribution in [0.3, 0.4) is 0 Å². The van der Waals surface area contributed by atoms with Gasteiger partial charge in [-0.1, -0.05) is 0 Å². The number of aromatic nitrogens is 3. The predicted molar refractivity (Wildman–Crippen MR) is 140 cm³/mol. The molecule has 0 atom stereocenters. The number of nitriles is 2. The van der Waals surface area contributed by atoms with Crippen LogP contribution in [0.5, 0.6) is 11.6 Å². The monoisotopic (exact) mass is 507 g/mol. The minimum absolute atomic E-state index is 0.0211. The minimum Gasteiger partial charge on any atom is -0.438 e. The summed E-state index contributed by atoms with van der Waals surface area (Å²) in [4.78, 5) is 24.1. The smallest absolute Gasteiger partial charge is 0.242 e. The lowest BCUT2D eigenvalue weighted by Crippen LogP contribution is -2.42. The molecular formula is C28H25N7O3. The highest BCUT2D eigenvalue weighted by atomic mass is 16.5. The van der Waals surface area contributed by atoms with E-state index < -0.39 is 0 Å². The third-order valence-corrected chi connectivity index (χ3v) is 6.31. The highest BCUT2D eigenvalue weighted by Gasteiger charge is 2.21. The molecule has 38 heavy (non-hydrogen) atoms. The molecule has 0 bridgehead atoms. The Morgan fingerprint density at radius 3 is 2.37 bits per heavy atom. The van der Waals surface area contributed by atoms with E-state index in [1.54, 1.807) is 52.1 Å². The zero-order valence-electron chi connectivity index (χ0n) is 21.1. The van der Waals surface area contributed by atoms with Crippen LogP contribution in [0, 0.1) is 36.5 Å². The van der Waals surface area contributed by atoms with Gasteiger partial charge >= 0.3 is 0 Å². The van der Waals surface area contributed by atoms with Crippen LogP contribution >= 0.6 is 0 Å². The number of nitrogens with one attached hydrogen (secondary N) is 1. The van der Waals surface area contributed by atoms with Crippen LogP contribution in [0.2, 0.25) is 0 Å². The van der Waals surface area contributed by atoms with Crippen molar-refractivity contribution in [3.8, 4) is 23.8 Å². The standard InChI is InChI=1S/C28H25N7O3/c1-18-13-21(16-30)14-19(2)25(18)38-27-23-7-8-35(17-24(36)34-9-11-37-12-10-34)26(23)32-28(33-27)31-22-5-3-20(15-29)4-6-22/h3-8,13-14H,9-12,17H2,1-2H3,(H,31,32,33). The molecule has 0 radical (unpaired) electrons. The molecule has 10 nitrogen and oxygen atoms in total. The van der Waals surface area contributed by atoms with Gasteiger partial charge in [-0.25, -0.2) is 0 Å². The Kier molecular flexibility index (Phi) is 6.90. The van der Waals surface area contributed by atoms with Crippen LogP contribution in [0.4, 0.5) is 11.6 Å². The molecule has 1 N–H and O–H groups in total. The van der Waals surface area contributed by atoms with Gasteiger partial charge in [0.05, 0.1) is 41.9 Å². The number of fused-ring (bicyclic) bond motifs is 1. The van der Waals surface area contributed by atoms with Gasteiger partial charge in [-0.05, 0) is 67.4 Å². The first-order valence-electron chi connectivity index (χ1n) is 12.1. The van der Waals surface area contributed by atoms with Gasteiger partial charge in [0.25, 0.3) is 0 Å². The summed E-state index contributed by atoms with van der Waals surface area (Å²) in [6.45, 7) is 6.05. The summed E-state index contributed by atoms with van der Waals surface area (Å²) in [5.74, 6) is 1.18. The van der Waals surface area contributed by atoms with Crippen molar-refractivity contribution in [2.24, 2.45) is 0 Å². The molecule has 1 aliphatic heterocycles. The number of nitrogens with zero attached hydrogens (tertiary/aromatic N) is 6. The Labute approximate surface area is 219 Å². The molecule has 0 saturated carbocycles. The molecule has 1 amide bonds. The first-order valence-corrected chi connectivity index (χ1v) is 12.1. The van der Waals surface area contributed by atoms with Crippen molar-refractivity contribution in [2.75, 3.05) is 31.6 Å². The van der Waals surface area contributed by atoms with Crippen LogP contribution in [0.15, 0.2) is 48.7 Å². The third-order valence-electron chi connectivity index (χ3n) is 6.31. The molecule has 1 saturated heterocycles. The largest absolute Gasteiger partial charge is 0.438 e. The molecule has 0 aliphatic carbocycles. The van der Waals surface area contributed by atoms with Gasteiger partial charge in [0, 0.05) is 25.0 Å². The maximum atomic E-state index is 13.0. The number of morpholine rings is 1. The van der Waals surface area contributed by atoms with Crippen molar-refractivity contribution < 1.29 is 14.3 Å². The molecule has 2 aromatic heterocycles.